The van der Waals surface area contributed by atoms with Crippen LogP contribution in [0.2, 0.25) is 0 Å². The number of likely N-dealkylation sites (N-methyl/N-ethyl adjacent to an activating group) is 1. The highest BCUT2D eigenvalue weighted by Gasteiger charge is 2.22. The standard InChI is InChI=1S/C15H26N2O/c1-3-13-7-8-16-14(10-13)11-17(4-2)12-15-6-5-9-18-15/h5-6,9,13-14,16H,3-4,7-8,10-12H2,1-2H3. The molecule has 3 heteroatoms. The molecule has 0 aromatic carbocycles. The molecule has 0 radical (unpaired) electrons. The molecule has 1 aromatic heterocycles. The molecule has 0 bridgehead atoms. The Kier molecular flexibility index (Phi) is 5.26. The largest absolute Gasteiger partial charge is 0.468 e. The molecular weight excluding hydrogens is 224 g/mol. The third-order valence-corrected chi connectivity index (χ3v) is 4.07. The van der Waals surface area contributed by atoms with E-state index >= 15 is 0 Å². The highest BCUT2D eigenvalue weighted by Crippen LogP contribution is 2.20. The van der Waals surface area contributed by atoms with E-state index in [0.717, 1.165) is 31.3 Å². The molecule has 1 aliphatic rings. The summed E-state index contributed by atoms with van der Waals surface area (Å²) in [7, 11) is 0. The van der Waals surface area contributed by atoms with Crippen LogP contribution < -0.4 is 5.32 Å². The lowest BCUT2D eigenvalue weighted by atomic mass is 9.90. The summed E-state index contributed by atoms with van der Waals surface area (Å²) >= 11 is 0. The van der Waals surface area contributed by atoms with E-state index in [1.807, 2.05) is 6.07 Å². The molecular formula is C15H26N2O. The smallest absolute Gasteiger partial charge is 0.117 e. The van der Waals surface area contributed by atoms with Gasteiger partial charge in [0.25, 0.3) is 0 Å². The Balaban J connectivity index is 1.82. The number of rotatable bonds is 6. The molecule has 1 saturated heterocycles. The number of nitrogens with zero attached hydrogens (tertiary/aromatic N) is 1. The highest BCUT2D eigenvalue weighted by molar-refractivity contribution is 4.98. The lowest BCUT2D eigenvalue weighted by Crippen LogP contribution is -2.45. The summed E-state index contributed by atoms with van der Waals surface area (Å²) in [4.78, 5) is 2.47. The molecule has 2 heterocycles. The van der Waals surface area contributed by atoms with Gasteiger partial charge in [0.05, 0.1) is 12.8 Å². The number of piperidine rings is 1. The summed E-state index contributed by atoms with van der Waals surface area (Å²) in [5.74, 6) is 1.98. The summed E-state index contributed by atoms with van der Waals surface area (Å²) in [6.45, 7) is 8.86. The van der Waals surface area contributed by atoms with Gasteiger partial charge in [-0.2, -0.15) is 0 Å². The maximum atomic E-state index is 5.44. The molecule has 102 valence electrons. The zero-order valence-electron chi connectivity index (χ0n) is 11.7. The first kappa shape index (κ1) is 13.6. The van der Waals surface area contributed by atoms with Gasteiger partial charge in [0.2, 0.25) is 0 Å². The number of furan rings is 1. The molecule has 2 atom stereocenters. The monoisotopic (exact) mass is 250 g/mol. The van der Waals surface area contributed by atoms with Crippen molar-refractivity contribution in [1.29, 1.82) is 0 Å². The first-order valence-electron chi connectivity index (χ1n) is 7.30. The third-order valence-electron chi connectivity index (χ3n) is 4.07. The summed E-state index contributed by atoms with van der Waals surface area (Å²) in [5, 5.41) is 3.66. The summed E-state index contributed by atoms with van der Waals surface area (Å²) in [6.07, 6.45) is 5.75. The molecule has 1 N–H and O–H groups in total. The minimum Gasteiger partial charge on any atom is -0.468 e. The Labute approximate surface area is 111 Å². The van der Waals surface area contributed by atoms with Gasteiger partial charge < -0.3 is 9.73 Å². The van der Waals surface area contributed by atoms with Crippen LogP contribution in [0.25, 0.3) is 0 Å². The Bertz CT molecular complexity index is 323. The second-order valence-electron chi connectivity index (χ2n) is 5.36. The average Bonchev–Trinajstić information content (AvgIpc) is 2.91. The van der Waals surface area contributed by atoms with Crippen molar-refractivity contribution in [1.82, 2.24) is 10.2 Å². The molecule has 2 unspecified atom stereocenters. The first-order chi connectivity index (χ1) is 8.81. The van der Waals surface area contributed by atoms with Crippen LogP contribution in [0.3, 0.4) is 0 Å². The fraction of sp³-hybridized carbons (Fsp3) is 0.733. The second-order valence-corrected chi connectivity index (χ2v) is 5.36. The van der Waals surface area contributed by atoms with E-state index in [0.29, 0.717) is 6.04 Å². The van der Waals surface area contributed by atoms with Crippen LogP contribution in [0.1, 0.15) is 38.9 Å². The summed E-state index contributed by atoms with van der Waals surface area (Å²) in [6, 6.07) is 4.68. The normalized spacial score (nSPS) is 24.6. The minimum absolute atomic E-state index is 0.651. The number of hydrogen-bond acceptors (Lipinski definition) is 3. The van der Waals surface area contributed by atoms with Crippen molar-refractivity contribution in [3.05, 3.63) is 24.2 Å². The van der Waals surface area contributed by atoms with Crippen LogP contribution >= 0.6 is 0 Å². The molecule has 1 fully saturated rings. The number of hydrogen-bond donors (Lipinski definition) is 1. The molecule has 1 aliphatic heterocycles. The Morgan fingerprint density at radius 3 is 3.00 bits per heavy atom. The van der Waals surface area contributed by atoms with Gasteiger partial charge in [-0.3, -0.25) is 4.90 Å². The fourth-order valence-corrected chi connectivity index (χ4v) is 2.85. The van der Waals surface area contributed by atoms with Gasteiger partial charge in [-0.25, -0.2) is 0 Å². The molecule has 18 heavy (non-hydrogen) atoms. The average molecular weight is 250 g/mol. The molecule has 0 spiro atoms. The lowest BCUT2D eigenvalue weighted by Gasteiger charge is -2.33. The number of nitrogens with one attached hydrogen (secondary N) is 1. The van der Waals surface area contributed by atoms with Crippen LogP contribution in [0.5, 0.6) is 0 Å². The summed E-state index contributed by atoms with van der Waals surface area (Å²) in [5.41, 5.74) is 0. The van der Waals surface area contributed by atoms with Crippen molar-refractivity contribution in [2.24, 2.45) is 5.92 Å². The predicted octanol–water partition coefficient (Wildman–Crippen LogP) is 2.88. The van der Waals surface area contributed by atoms with E-state index in [-0.39, 0.29) is 0 Å². The Hall–Kier alpha value is -0.800. The Morgan fingerprint density at radius 2 is 2.33 bits per heavy atom. The van der Waals surface area contributed by atoms with E-state index in [1.165, 1.54) is 25.8 Å². The summed E-state index contributed by atoms with van der Waals surface area (Å²) < 4.78 is 5.44. The quantitative estimate of drug-likeness (QED) is 0.841. The zero-order valence-corrected chi connectivity index (χ0v) is 11.7. The maximum absolute atomic E-state index is 5.44. The van der Waals surface area contributed by atoms with Crippen molar-refractivity contribution < 1.29 is 4.42 Å². The van der Waals surface area contributed by atoms with Crippen LogP contribution in [0, 0.1) is 5.92 Å². The topological polar surface area (TPSA) is 28.4 Å². The van der Waals surface area contributed by atoms with E-state index in [2.05, 4.69) is 30.1 Å². The van der Waals surface area contributed by atoms with Gasteiger partial charge >= 0.3 is 0 Å². The Morgan fingerprint density at radius 1 is 1.44 bits per heavy atom. The highest BCUT2D eigenvalue weighted by atomic mass is 16.3. The molecule has 2 rings (SSSR count). The van der Waals surface area contributed by atoms with Crippen LogP contribution in [0.4, 0.5) is 0 Å². The lowest BCUT2D eigenvalue weighted by molar-refractivity contribution is 0.190. The van der Waals surface area contributed by atoms with E-state index in [9.17, 15) is 0 Å². The van der Waals surface area contributed by atoms with Crippen molar-refractivity contribution in [3.8, 4) is 0 Å². The van der Waals surface area contributed by atoms with Crippen molar-refractivity contribution in [2.75, 3.05) is 19.6 Å². The predicted molar refractivity (Wildman–Crippen MR) is 74.5 cm³/mol. The zero-order chi connectivity index (χ0) is 12.8. The fourth-order valence-electron chi connectivity index (χ4n) is 2.85. The van der Waals surface area contributed by atoms with Gasteiger partial charge in [0.1, 0.15) is 5.76 Å². The third kappa shape index (κ3) is 3.85. The molecule has 0 saturated carbocycles. The second kappa shape index (κ2) is 6.95. The molecule has 1 aromatic rings. The van der Waals surface area contributed by atoms with Crippen molar-refractivity contribution in [3.63, 3.8) is 0 Å². The molecule has 0 amide bonds. The molecule has 3 nitrogen and oxygen atoms in total. The first-order valence-corrected chi connectivity index (χ1v) is 7.30. The van der Waals surface area contributed by atoms with Gasteiger partial charge in [-0.15, -0.1) is 0 Å². The van der Waals surface area contributed by atoms with E-state index < -0.39 is 0 Å². The van der Waals surface area contributed by atoms with Gasteiger partial charge in [0, 0.05) is 12.6 Å². The van der Waals surface area contributed by atoms with Crippen molar-refractivity contribution >= 4 is 0 Å². The van der Waals surface area contributed by atoms with E-state index in [4.69, 9.17) is 4.42 Å². The SMILES string of the molecule is CCC1CCNC(CN(CC)Cc2ccco2)C1. The molecule has 0 aliphatic carbocycles. The van der Waals surface area contributed by atoms with Crippen LogP contribution in [-0.4, -0.2) is 30.6 Å². The minimum atomic E-state index is 0.651. The van der Waals surface area contributed by atoms with Gasteiger partial charge in [-0.05, 0) is 44.0 Å². The van der Waals surface area contributed by atoms with Gasteiger partial charge in [-0.1, -0.05) is 20.3 Å². The maximum Gasteiger partial charge on any atom is 0.117 e. The van der Waals surface area contributed by atoms with Crippen LogP contribution in [0.15, 0.2) is 22.8 Å². The van der Waals surface area contributed by atoms with E-state index in [1.54, 1.807) is 6.26 Å². The van der Waals surface area contributed by atoms with Gasteiger partial charge in [0.15, 0.2) is 0 Å². The van der Waals surface area contributed by atoms with Crippen molar-refractivity contribution in [2.45, 2.75) is 45.7 Å². The van der Waals surface area contributed by atoms with Crippen LogP contribution in [-0.2, 0) is 6.54 Å².